The van der Waals surface area contributed by atoms with Gasteiger partial charge in [-0.15, -0.1) is 0 Å². The molecular weight excluding hydrogens is 374 g/mol. The lowest BCUT2D eigenvalue weighted by Crippen LogP contribution is -2.65. The van der Waals surface area contributed by atoms with Gasteiger partial charge in [0.05, 0.1) is 6.21 Å². The minimum atomic E-state index is -0.261. The third-order valence-corrected chi connectivity index (χ3v) is 7.41. The van der Waals surface area contributed by atoms with Crippen LogP contribution >= 0.6 is 0 Å². The Morgan fingerprint density at radius 3 is 2.47 bits per heavy atom. The molecule has 0 aliphatic heterocycles. The summed E-state index contributed by atoms with van der Waals surface area (Å²) in [7, 11) is 0. The molecule has 4 fully saturated rings. The number of hydrazone groups is 1. The van der Waals surface area contributed by atoms with E-state index in [1.165, 1.54) is 36.6 Å². The highest BCUT2D eigenvalue weighted by Gasteiger charge is 2.58. The number of carbonyl (C=O) groups is 1. The van der Waals surface area contributed by atoms with E-state index in [1.54, 1.807) is 18.2 Å². The summed E-state index contributed by atoms with van der Waals surface area (Å²) in [4.78, 5) is 12.7. The highest BCUT2D eigenvalue weighted by molar-refractivity contribution is 5.84. The van der Waals surface area contributed by atoms with Crippen molar-refractivity contribution in [2.75, 3.05) is 0 Å². The Morgan fingerprint density at radius 1 is 1.07 bits per heavy atom. The maximum Gasteiger partial charge on any atom is 0.335 e. The summed E-state index contributed by atoms with van der Waals surface area (Å²) in [5, 5.41) is 17.2. The fourth-order valence-corrected chi connectivity index (χ4v) is 6.68. The number of carbonyl (C=O) groups excluding carboxylic acids is 1. The number of phenolic OH excluding ortho intramolecular Hbond substituents is 1. The van der Waals surface area contributed by atoms with Gasteiger partial charge < -0.3 is 10.4 Å². The van der Waals surface area contributed by atoms with Crippen LogP contribution in [0.25, 0.3) is 0 Å². The van der Waals surface area contributed by atoms with Crippen molar-refractivity contribution in [2.45, 2.75) is 56.4 Å². The second-order valence-electron chi connectivity index (χ2n) is 9.77. The number of aromatic hydroxyl groups is 1. The first-order valence-corrected chi connectivity index (χ1v) is 10.9. The van der Waals surface area contributed by atoms with Gasteiger partial charge in [-0.25, -0.2) is 10.2 Å². The van der Waals surface area contributed by atoms with Gasteiger partial charge in [-0.1, -0.05) is 42.0 Å². The summed E-state index contributed by atoms with van der Waals surface area (Å²) in [5.41, 5.74) is 5.94. The summed E-state index contributed by atoms with van der Waals surface area (Å²) in [6, 6.07) is 15.7. The number of benzene rings is 2. The Morgan fingerprint density at radius 2 is 1.77 bits per heavy atom. The zero-order valence-corrected chi connectivity index (χ0v) is 17.4. The van der Waals surface area contributed by atoms with Crippen LogP contribution in [0.1, 0.15) is 55.2 Å². The first kappa shape index (κ1) is 19.2. The molecule has 4 saturated carbocycles. The van der Waals surface area contributed by atoms with Crippen LogP contribution in [0.15, 0.2) is 53.6 Å². The van der Waals surface area contributed by atoms with Crippen molar-refractivity contribution in [2.24, 2.45) is 16.9 Å². The average molecular weight is 404 g/mol. The van der Waals surface area contributed by atoms with E-state index < -0.39 is 0 Å². The minimum absolute atomic E-state index is 0.143. The summed E-state index contributed by atoms with van der Waals surface area (Å²) in [6.45, 7) is 2.13. The van der Waals surface area contributed by atoms with Crippen molar-refractivity contribution in [3.63, 3.8) is 0 Å². The Bertz CT molecular complexity index is 968. The molecule has 5 heteroatoms. The molecule has 0 saturated heterocycles. The lowest BCUT2D eigenvalue weighted by atomic mass is 9.45. The van der Waals surface area contributed by atoms with E-state index in [0.717, 1.165) is 19.3 Å². The summed E-state index contributed by atoms with van der Waals surface area (Å²) < 4.78 is 0. The van der Waals surface area contributed by atoms with E-state index in [4.69, 9.17) is 0 Å². The van der Waals surface area contributed by atoms with E-state index >= 15 is 0 Å². The second kappa shape index (κ2) is 7.15. The van der Waals surface area contributed by atoms with Crippen LogP contribution in [0.2, 0.25) is 0 Å². The number of nitrogens with zero attached hydrogens (tertiary/aromatic N) is 1. The van der Waals surface area contributed by atoms with Gasteiger partial charge in [0.25, 0.3) is 0 Å². The van der Waals surface area contributed by atoms with Gasteiger partial charge in [0.15, 0.2) is 0 Å². The third kappa shape index (κ3) is 3.47. The molecular formula is C25H29N3O2. The van der Waals surface area contributed by atoms with Crippen molar-refractivity contribution in [1.29, 1.82) is 0 Å². The van der Waals surface area contributed by atoms with Crippen LogP contribution in [0.3, 0.4) is 0 Å². The fraction of sp³-hybridized carbons (Fsp3) is 0.440. The number of hydrogen-bond acceptors (Lipinski definition) is 3. The van der Waals surface area contributed by atoms with Crippen LogP contribution in [0.4, 0.5) is 4.79 Å². The Balaban J connectivity index is 1.31. The number of hydrogen-bond donors (Lipinski definition) is 3. The van der Waals surface area contributed by atoms with Crippen LogP contribution in [0.5, 0.6) is 5.75 Å². The van der Waals surface area contributed by atoms with Crippen molar-refractivity contribution in [1.82, 2.24) is 10.7 Å². The number of rotatable bonds is 4. The van der Waals surface area contributed by atoms with Gasteiger partial charge in [-0.05, 0) is 80.4 Å². The summed E-state index contributed by atoms with van der Waals surface area (Å²) in [6.07, 6.45) is 8.38. The number of urea groups is 1. The monoisotopic (exact) mass is 403 g/mol. The highest BCUT2D eigenvalue weighted by atomic mass is 16.3. The molecule has 4 aliphatic carbocycles. The standard InChI is InChI=1S/C25H29N3O2/c1-17-6-8-21(9-7-17)24-11-18-10-19(12-24)14-25(13-18,16-24)27-23(30)28-26-15-20-4-2-3-5-22(20)29/h2-9,15,18-19,29H,10-14,16H2,1H3,(H2,27,28,30). The first-order valence-electron chi connectivity index (χ1n) is 10.9. The predicted octanol–water partition coefficient (Wildman–Crippen LogP) is 4.62. The van der Waals surface area contributed by atoms with E-state index in [9.17, 15) is 9.90 Å². The number of para-hydroxylation sites is 1. The Labute approximate surface area is 177 Å². The van der Waals surface area contributed by atoms with Crippen molar-refractivity contribution >= 4 is 12.2 Å². The quantitative estimate of drug-likeness (QED) is 0.515. The zero-order chi connectivity index (χ0) is 20.8. The van der Waals surface area contributed by atoms with Crippen molar-refractivity contribution < 1.29 is 9.90 Å². The van der Waals surface area contributed by atoms with Crippen LogP contribution in [-0.4, -0.2) is 22.9 Å². The molecule has 2 aromatic carbocycles. The number of aryl methyl sites for hydroxylation is 1. The molecule has 2 amide bonds. The maximum absolute atomic E-state index is 12.7. The van der Waals surface area contributed by atoms with Crippen molar-refractivity contribution in [3.8, 4) is 5.75 Å². The molecule has 0 aromatic heterocycles. The van der Waals surface area contributed by atoms with Gasteiger partial charge in [0, 0.05) is 11.1 Å². The molecule has 2 aromatic rings. The normalized spacial score (nSPS) is 31.8. The zero-order valence-electron chi connectivity index (χ0n) is 17.4. The van der Waals surface area contributed by atoms with Gasteiger partial charge in [-0.3, -0.25) is 0 Å². The summed E-state index contributed by atoms with van der Waals surface area (Å²) >= 11 is 0. The molecule has 5 nitrogen and oxygen atoms in total. The molecule has 2 unspecified atom stereocenters. The Kier molecular flexibility index (Phi) is 4.57. The topological polar surface area (TPSA) is 73.7 Å². The van der Waals surface area contributed by atoms with Crippen LogP contribution in [0, 0.1) is 18.8 Å². The predicted molar refractivity (Wildman–Crippen MR) is 118 cm³/mol. The molecule has 0 heterocycles. The number of nitrogens with one attached hydrogen (secondary N) is 2. The second-order valence-corrected chi connectivity index (χ2v) is 9.77. The lowest BCUT2D eigenvalue weighted by molar-refractivity contribution is -0.0349. The van der Waals surface area contributed by atoms with Gasteiger partial charge in [0.2, 0.25) is 0 Å². The number of amides is 2. The number of phenols is 1. The molecule has 156 valence electrons. The van der Waals surface area contributed by atoms with E-state index in [2.05, 4.69) is 47.0 Å². The SMILES string of the molecule is Cc1ccc(C23CC4CC(CC(NC(=O)NN=Cc5ccccc5O)(C4)C2)C3)cc1. The molecule has 4 bridgehead atoms. The molecule has 0 radical (unpaired) electrons. The van der Waals surface area contributed by atoms with E-state index in [0.29, 0.717) is 17.4 Å². The molecule has 2 atom stereocenters. The van der Waals surface area contributed by atoms with E-state index in [-0.39, 0.29) is 22.7 Å². The molecule has 6 rings (SSSR count). The molecule has 3 N–H and O–H groups in total. The van der Waals surface area contributed by atoms with Gasteiger partial charge in [-0.2, -0.15) is 5.10 Å². The Hall–Kier alpha value is -2.82. The minimum Gasteiger partial charge on any atom is -0.507 e. The van der Waals surface area contributed by atoms with Crippen LogP contribution < -0.4 is 10.7 Å². The fourth-order valence-electron chi connectivity index (χ4n) is 6.68. The van der Waals surface area contributed by atoms with Crippen LogP contribution in [-0.2, 0) is 5.41 Å². The summed E-state index contributed by atoms with van der Waals surface area (Å²) in [5.74, 6) is 1.50. The van der Waals surface area contributed by atoms with Gasteiger partial charge in [0.1, 0.15) is 5.75 Å². The highest BCUT2D eigenvalue weighted by Crippen LogP contribution is 2.62. The first-order chi connectivity index (χ1) is 14.5. The largest absolute Gasteiger partial charge is 0.507 e. The smallest absolute Gasteiger partial charge is 0.335 e. The molecule has 4 aliphatic rings. The molecule has 0 spiro atoms. The average Bonchev–Trinajstić information content (AvgIpc) is 2.68. The van der Waals surface area contributed by atoms with E-state index in [1.807, 2.05) is 6.07 Å². The third-order valence-electron chi connectivity index (χ3n) is 7.41. The molecule has 30 heavy (non-hydrogen) atoms. The van der Waals surface area contributed by atoms with Crippen molar-refractivity contribution in [3.05, 3.63) is 65.2 Å². The lowest BCUT2D eigenvalue weighted by Gasteiger charge is -2.62. The maximum atomic E-state index is 12.7. The van der Waals surface area contributed by atoms with Gasteiger partial charge >= 0.3 is 6.03 Å².